The predicted octanol–water partition coefficient (Wildman–Crippen LogP) is 0.883. The minimum atomic E-state index is -0.904. The average Bonchev–Trinajstić information content (AvgIpc) is 2.13. The van der Waals surface area contributed by atoms with Crippen LogP contribution in [0.2, 0.25) is 0 Å². The van der Waals surface area contributed by atoms with Crippen LogP contribution in [-0.2, 0) is 9.59 Å². The third kappa shape index (κ3) is 4.91. The van der Waals surface area contributed by atoms with E-state index in [2.05, 4.69) is 11.9 Å². The minimum absolute atomic E-state index is 0.164. The van der Waals surface area contributed by atoms with Gasteiger partial charge in [-0.3, -0.25) is 9.59 Å². The molecule has 0 aliphatic heterocycles. The van der Waals surface area contributed by atoms with Crippen molar-refractivity contribution in [2.45, 2.75) is 24.3 Å². The molecule has 14 heavy (non-hydrogen) atoms. The number of aliphatic carboxylic acids is 1. The van der Waals surface area contributed by atoms with Gasteiger partial charge in [0, 0.05) is 6.54 Å². The molecule has 2 N–H and O–H groups in total. The molecule has 4 nitrogen and oxygen atoms in total. The molecule has 0 rings (SSSR count). The number of thioether (sulfide) groups is 1. The van der Waals surface area contributed by atoms with E-state index in [0.29, 0.717) is 6.54 Å². The van der Waals surface area contributed by atoms with Crippen molar-refractivity contribution in [3.05, 3.63) is 12.7 Å². The highest BCUT2D eigenvalue weighted by atomic mass is 32.2. The number of hydrogen-bond donors (Lipinski definition) is 2. The van der Waals surface area contributed by atoms with Gasteiger partial charge in [-0.2, -0.15) is 0 Å². The van der Waals surface area contributed by atoms with Crippen molar-refractivity contribution in [1.29, 1.82) is 0 Å². The van der Waals surface area contributed by atoms with E-state index in [1.165, 1.54) is 0 Å². The van der Waals surface area contributed by atoms with Gasteiger partial charge < -0.3 is 10.4 Å². The molecule has 0 saturated heterocycles. The summed E-state index contributed by atoms with van der Waals surface area (Å²) in [5, 5.41) is 10.3. The number of carbonyl (C=O) groups is 2. The third-order valence-electron chi connectivity index (χ3n) is 1.55. The first-order chi connectivity index (χ1) is 6.49. The lowest BCUT2D eigenvalue weighted by atomic mass is 10.4. The van der Waals surface area contributed by atoms with Crippen LogP contribution in [0.15, 0.2) is 12.7 Å². The van der Waals surface area contributed by atoms with Crippen molar-refractivity contribution in [2.24, 2.45) is 0 Å². The molecule has 2 atom stereocenters. The second-order valence-corrected chi connectivity index (χ2v) is 4.48. The Kier molecular flexibility index (Phi) is 6.03. The number of carboxylic acids is 1. The van der Waals surface area contributed by atoms with Crippen LogP contribution < -0.4 is 5.32 Å². The Morgan fingerprint density at radius 1 is 1.50 bits per heavy atom. The molecule has 0 radical (unpaired) electrons. The fourth-order valence-corrected chi connectivity index (χ4v) is 1.68. The molecule has 5 heteroatoms. The summed E-state index contributed by atoms with van der Waals surface area (Å²) < 4.78 is 0. The summed E-state index contributed by atoms with van der Waals surface area (Å²) in [5.74, 6) is -1.07. The van der Waals surface area contributed by atoms with E-state index in [4.69, 9.17) is 5.11 Å². The smallest absolute Gasteiger partial charge is 0.316 e. The SMILES string of the molecule is C=CCNC(=O)C(C)SC(C)C(=O)O. The van der Waals surface area contributed by atoms with E-state index >= 15 is 0 Å². The number of amides is 1. The van der Waals surface area contributed by atoms with Crippen molar-refractivity contribution < 1.29 is 14.7 Å². The highest BCUT2D eigenvalue weighted by Gasteiger charge is 2.20. The number of nitrogens with one attached hydrogen (secondary N) is 1. The number of carbonyl (C=O) groups excluding carboxylic acids is 1. The first-order valence-electron chi connectivity index (χ1n) is 4.26. The summed E-state index contributed by atoms with van der Waals surface area (Å²) in [6.45, 7) is 7.12. The molecule has 0 saturated carbocycles. The topological polar surface area (TPSA) is 66.4 Å². The van der Waals surface area contributed by atoms with Crippen molar-refractivity contribution in [2.75, 3.05) is 6.54 Å². The normalized spacial score (nSPS) is 14.1. The third-order valence-corrected chi connectivity index (χ3v) is 2.78. The van der Waals surface area contributed by atoms with E-state index in [0.717, 1.165) is 11.8 Å². The van der Waals surface area contributed by atoms with Crippen LogP contribution in [0, 0.1) is 0 Å². The highest BCUT2D eigenvalue weighted by Crippen LogP contribution is 2.17. The van der Waals surface area contributed by atoms with Gasteiger partial charge in [0.05, 0.1) is 5.25 Å². The molecule has 0 heterocycles. The second-order valence-electron chi connectivity index (χ2n) is 2.79. The first kappa shape index (κ1) is 13.0. The first-order valence-corrected chi connectivity index (χ1v) is 5.20. The van der Waals surface area contributed by atoms with Crippen LogP contribution in [0.4, 0.5) is 0 Å². The maximum Gasteiger partial charge on any atom is 0.316 e. The van der Waals surface area contributed by atoms with E-state index in [1.54, 1.807) is 19.9 Å². The van der Waals surface area contributed by atoms with Crippen LogP contribution in [0.25, 0.3) is 0 Å². The maximum absolute atomic E-state index is 11.3. The lowest BCUT2D eigenvalue weighted by molar-refractivity contribution is -0.136. The summed E-state index contributed by atoms with van der Waals surface area (Å²) in [4.78, 5) is 21.8. The van der Waals surface area contributed by atoms with Crippen LogP contribution in [0.1, 0.15) is 13.8 Å². The zero-order chi connectivity index (χ0) is 11.1. The number of rotatable bonds is 6. The van der Waals surface area contributed by atoms with E-state index in [1.807, 2.05) is 0 Å². The van der Waals surface area contributed by atoms with E-state index in [-0.39, 0.29) is 11.2 Å². The summed E-state index contributed by atoms with van der Waals surface area (Å²) in [5.41, 5.74) is 0. The molecule has 0 aromatic carbocycles. The molecule has 80 valence electrons. The van der Waals surface area contributed by atoms with Crippen LogP contribution in [-0.4, -0.2) is 34.0 Å². The molecule has 2 unspecified atom stereocenters. The molecule has 0 spiro atoms. The Morgan fingerprint density at radius 3 is 2.50 bits per heavy atom. The highest BCUT2D eigenvalue weighted by molar-refractivity contribution is 8.01. The van der Waals surface area contributed by atoms with Gasteiger partial charge in [-0.05, 0) is 13.8 Å². The molecular weight excluding hydrogens is 202 g/mol. The monoisotopic (exact) mass is 217 g/mol. The van der Waals surface area contributed by atoms with Crippen LogP contribution in [0.3, 0.4) is 0 Å². The van der Waals surface area contributed by atoms with Crippen molar-refractivity contribution in [3.63, 3.8) is 0 Å². The van der Waals surface area contributed by atoms with Gasteiger partial charge in [0.15, 0.2) is 0 Å². The number of hydrogen-bond acceptors (Lipinski definition) is 3. The Labute approximate surface area is 87.8 Å². The molecule has 0 bridgehead atoms. The molecule has 1 amide bonds. The van der Waals surface area contributed by atoms with Crippen molar-refractivity contribution >= 4 is 23.6 Å². The largest absolute Gasteiger partial charge is 0.480 e. The van der Waals surface area contributed by atoms with Crippen molar-refractivity contribution in [3.8, 4) is 0 Å². The lowest BCUT2D eigenvalue weighted by Gasteiger charge is -2.13. The summed E-state index contributed by atoms with van der Waals surface area (Å²) in [6, 6.07) is 0. The second kappa shape index (κ2) is 6.48. The van der Waals surface area contributed by atoms with E-state index in [9.17, 15) is 9.59 Å². The summed E-state index contributed by atoms with van der Waals surface area (Å²) >= 11 is 1.12. The van der Waals surface area contributed by atoms with Gasteiger partial charge in [-0.25, -0.2) is 0 Å². The van der Waals surface area contributed by atoms with Gasteiger partial charge >= 0.3 is 5.97 Å². The molecule has 0 fully saturated rings. The van der Waals surface area contributed by atoms with Gasteiger partial charge in [-0.1, -0.05) is 6.08 Å². The number of carboxylic acid groups (broad SMARTS) is 1. The van der Waals surface area contributed by atoms with Gasteiger partial charge in [0.1, 0.15) is 5.25 Å². The molecule has 0 aromatic rings. The van der Waals surface area contributed by atoms with Gasteiger partial charge in [0.25, 0.3) is 0 Å². The lowest BCUT2D eigenvalue weighted by Crippen LogP contribution is -2.32. The molecule has 0 aliphatic carbocycles. The molecular formula is C9H15NO3S. The fraction of sp³-hybridized carbons (Fsp3) is 0.556. The standard InChI is InChI=1S/C9H15NO3S/c1-4-5-10-8(11)6(2)14-7(3)9(12)13/h4,6-7H,1,5H2,2-3H3,(H,10,11)(H,12,13). The van der Waals surface area contributed by atoms with Gasteiger partial charge in [0.2, 0.25) is 5.91 Å². The van der Waals surface area contributed by atoms with Crippen molar-refractivity contribution in [1.82, 2.24) is 5.32 Å². The van der Waals surface area contributed by atoms with Gasteiger partial charge in [-0.15, -0.1) is 18.3 Å². The predicted molar refractivity (Wildman–Crippen MR) is 57.4 cm³/mol. The van der Waals surface area contributed by atoms with Crippen LogP contribution >= 0.6 is 11.8 Å². The molecule has 0 aromatic heterocycles. The molecule has 0 aliphatic rings. The average molecular weight is 217 g/mol. The Hall–Kier alpha value is -0.970. The zero-order valence-electron chi connectivity index (χ0n) is 8.32. The Bertz CT molecular complexity index is 230. The summed E-state index contributed by atoms with van der Waals surface area (Å²) in [7, 11) is 0. The quantitative estimate of drug-likeness (QED) is 0.648. The Morgan fingerprint density at radius 2 is 2.07 bits per heavy atom. The summed E-state index contributed by atoms with van der Waals surface area (Å²) in [6.07, 6.45) is 1.58. The minimum Gasteiger partial charge on any atom is -0.480 e. The maximum atomic E-state index is 11.3. The van der Waals surface area contributed by atoms with E-state index < -0.39 is 11.2 Å². The Balaban J connectivity index is 3.94. The zero-order valence-corrected chi connectivity index (χ0v) is 9.13. The van der Waals surface area contributed by atoms with Crippen LogP contribution in [0.5, 0.6) is 0 Å². The fourth-order valence-electron chi connectivity index (χ4n) is 0.743.